The molecule has 1 heterocycles. The molecule has 3 rings (SSSR count). The van der Waals surface area contributed by atoms with E-state index in [1.165, 1.54) is 29.9 Å². The molecular weight excluding hydrogens is 343 g/mol. The minimum Gasteiger partial charge on any atom is -0.497 e. The van der Waals surface area contributed by atoms with Gasteiger partial charge in [-0.1, -0.05) is 19.1 Å². The van der Waals surface area contributed by atoms with Crippen LogP contribution in [0.25, 0.3) is 22.0 Å². The number of methoxy groups -OCH3 is 1. The van der Waals surface area contributed by atoms with Crippen molar-refractivity contribution in [3.63, 3.8) is 0 Å². The lowest BCUT2D eigenvalue weighted by molar-refractivity contribution is 0.415. The van der Waals surface area contributed by atoms with Gasteiger partial charge in [-0.2, -0.15) is 0 Å². The van der Waals surface area contributed by atoms with Crippen molar-refractivity contribution in [2.24, 2.45) is 0 Å². The minimum absolute atomic E-state index is 0.0702. The summed E-state index contributed by atoms with van der Waals surface area (Å²) in [7, 11) is 1.49. The first-order chi connectivity index (χ1) is 12.5. The maximum absolute atomic E-state index is 15.3. The quantitative estimate of drug-likeness (QED) is 0.671. The van der Waals surface area contributed by atoms with Gasteiger partial charge in [0.05, 0.1) is 30.1 Å². The van der Waals surface area contributed by atoms with Crippen LogP contribution >= 0.6 is 0 Å². The Morgan fingerprint density at radius 3 is 2.38 bits per heavy atom. The molecule has 2 aromatic carbocycles. The van der Waals surface area contributed by atoms with Gasteiger partial charge in [0.1, 0.15) is 18.2 Å². The zero-order chi connectivity index (χ0) is 18.8. The SMILES string of the molecule is CCc1cc(=O)c2cc(F)c(-c3ccc(OC)cc3)c(F)c2n1CCF. The Labute approximate surface area is 148 Å². The van der Waals surface area contributed by atoms with Crippen molar-refractivity contribution in [2.45, 2.75) is 19.9 Å². The Morgan fingerprint density at radius 2 is 1.81 bits per heavy atom. The largest absolute Gasteiger partial charge is 0.497 e. The standard InChI is InChI=1S/C20H18F3NO2/c1-3-13-10-17(25)15-11-16(22)18(12-4-6-14(26-2)7-5-12)19(23)20(15)24(13)9-8-21/h4-7,10-11H,3,8-9H2,1-2H3. The molecule has 0 radical (unpaired) electrons. The number of nitrogens with zero attached hydrogens (tertiary/aromatic N) is 1. The van der Waals surface area contributed by atoms with Crippen LogP contribution in [0.3, 0.4) is 0 Å². The number of hydrogen-bond acceptors (Lipinski definition) is 2. The summed E-state index contributed by atoms with van der Waals surface area (Å²) in [5.41, 5.74) is 0.0147. The van der Waals surface area contributed by atoms with E-state index < -0.39 is 23.7 Å². The van der Waals surface area contributed by atoms with E-state index in [0.717, 1.165) is 6.07 Å². The minimum atomic E-state index is -0.869. The highest BCUT2D eigenvalue weighted by atomic mass is 19.1. The topological polar surface area (TPSA) is 31.2 Å². The number of aromatic nitrogens is 1. The van der Waals surface area contributed by atoms with Gasteiger partial charge in [0, 0.05) is 11.8 Å². The molecule has 0 saturated carbocycles. The van der Waals surface area contributed by atoms with Crippen molar-refractivity contribution in [2.75, 3.05) is 13.8 Å². The van der Waals surface area contributed by atoms with Crippen LogP contribution in [-0.2, 0) is 13.0 Å². The van der Waals surface area contributed by atoms with Crippen LogP contribution in [0.1, 0.15) is 12.6 Å². The first-order valence-electron chi connectivity index (χ1n) is 8.26. The van der Waals surface area contributed by atoms with Crippen LogP contribution in [0.2, 0.25) is 0 Å². The second-order valence-corrected chi connectivity index (χ2v) is 5.87. The van der Waals surface area contributed by atoms with Crippen molar-refractivity contribution >= 4 is 10.9 Å². The summed E-state index contributed by atoms with van der Waals surface area (Å²) in [6.07, 6.45) is 0.430. The molecular formula is C20H18F3NO2. The van der Waals surface area contributed by atoms with Gasteiger partial charge < -0.3 is 9.30 Å². The van der Waals surface area contributed by atoms with E-state index in [9.17, 15) is 13.6 Å². The predicted octanol–water partition coefficient (Wildman–Crippen LogP) is 4.49. The third-order valence-electron chi connectivity index (χ3n) is 4.42. The zero-order valence-electron chi connectivity index (χ0n) is 14.5. The normalized spacial score (nSPS) is 11.1. The lowest BCUT2D eigenvalue weighted by Gasteiger charge is -2.17. The number of aryl methyl sites for hydroxylation is 2. The Hall–Kier alpha value is -2.76. The van der Waals surface area contributed by atoms with Crippen molar-refractivity contribution < 1.29 is 17.9 Å². The van der Waals surface area contributed by atoms with Crippen LogP contribution in [0.4, 0.5) is 13.2 Å². The van der Waals surface area contributed by atoms with Crippen LogP contribution < -0.4 is 10.2 Å². The first kappa shape index (κ1) is 18.0. The summed E-state index contributed by atoms with van der Waals surface area (Å²) in [5.74, 6) is -1.16. The average Bonchev–Trinajstić information content (AvgIpc) is 2.64. The van der Waals surface area contributed by atoms with Crippen molar-refractivity contribution in [3.8, 4) is 16.9 Å². The molecule has 0 N–H and O–H groups in total. The smallest absolute Gasteiger partial charge is 0.189 e. The highest BCUT2D eigenvalue weighted by molar-refractivity contribution is 5.86. The molecule has 0 spiro atoms. The highest BCUT2D eigenvalue weighted by Gasteiger charge is 2.20. The van der Waals surface area contributed by atoms with Crippen LogP contribution in [0, 0.1) is 11.6 Å². The lowest BCUT2D eigenvalue weighted by atomic mass is 10.0. The monoisotopic (exact) mass is 361 g/mol. The molecule has 136 valence electrons. The van der Waals surface area contributed by atoms with Crippen LogP contribution in [0.15, 0.2) is 41.2 Å². The number of alkyl halides is 1. The van der Waals surface area contributed by atoms with Crippen LogP contribution in [-0.4, -0.2) is 18.4 Å². The number of benzene rings is 2. The molecule has 0 amide bonds. The van der Waals surface area contributed by atoms with E-state index in [1.807, 2.05) is 0 Å². The summed E-state index contributed by atoms with van der Waals surface area (Å²) < 4.78 is 49.5. The first-order valence-corrected chi connectivity index (χ1v) is 8.26. The van der Waals surface area contributed by atoms with Crippen molar-refractivity contribution in [1.82, 2.24) is 4.57 Å². The molecule has 26 heavy (non-hydrogen) atoms. The molecule has 3 aromatic rings. The van der Waals surface area contributed by atoms with Gasteiger partial charge in [-0.25, -0.2) is 13.2 Å². The zero-order valence-corrected chi connectivity index (χ0v) is 14.5. The third-order valence-corrected chi connectivity index (χ3v) is 4.42. The molecule has 0 atom stereocenters. The molecule has 6 heteroatoms. The molecule has 1 aromatic heterocycles. The summed E-state index contributed by atoms with van der Waals surface area (Å²) in [5, 5.41) is -0.0945. The maximum Gasteiger partial charge on any atom is 0.189 e. The molecule has 0 bridgehead atoms. The summed E-state index contributed by atoms with van der Waals surface area (Å²) in [6, 6.07) is 8.59. The fourth-order valence-electron chi connectivity index (χ4n) is 3.17. The molecule has 0 saturated heterocycles. The third kappa shape index (κ3) is 2.96. The highest BCUT2D eigenvalue weighted by Crippen LogP contribution is 2.32. The van der Waals surface area contributed by atoms with Crippen LogP contribution in [0.5, 0.6) is 5.75 Å². The van der Waals surface area contributed by atoms with Crippen molar-refractivity contribution in [1.29, 1.82) is 0 Å². The molecule has 0 unspecified atom stereocenters. The van der Waals surface area contributed by atoms with Gasteiger partial charge in [0.15, 0.2) is 11.2 Å². The Balaban J connectivity index is 2.38. The number of pyridine rings is 1. The summed E-state index contributed by atoms with van der Waals surface area (Å²) in [4.78, 5) is 12.3. The number of hydrogen-bond donors (Lipinski definition) is 0. The number of halogens is 3. The fraction of sp³-hybridized carbons (Fsp3) is 0.250. The lowest BCUT2D eigenvalue weighted by Crippen LogP contribution is -2.17. The second kappa shape index (κ2) is 7.23. The van der Waals surface area contributed by atoms with Gasteiger partial charge in [-0.3, -0.25) is 4.79 Å². The Morgan fingerprint density at radius 1 is 1.12 bits per heavy atom. The van der Waals surface area contributed by atoms with Gasteiger partial charge in [0.25, 0.3) is 0 Å². The average molecular weight is 361 g/mol. The number of ether oxygens (including phenoxy) is 1. The number of fused-ring (bicyclic) bond motifs is 1. The van der Waals surface area contributed by atoms with Gasteiger partial charge in [0.2, 0.25) is 0 Å². The molecule has 0 aliphatic carbocycles. The summed E-state index contributed by atoms with van der Waals surface area (Å²) >= 11 is 0. The summed E-state index contributed by atoms with van der Waals surface area (Å²) in [6.45, 7) is 0.964. The van der Waals surface area contributed by atoms with Crippen molar-refractivity contribution in [3.05, 3.63) is 63.9 Å². The van der Waals surface area contributed by atoms with E-state index in [2.05, 4.69) is 0 Å². The van der Waals surface area contributed by atoms with Gasteiger partial charge >= 0.3 is 0 Å². The van der Waals surface area contributed by atoms with Gasteiger partial charge in [-0.05, 0) is 30.2 Å². The van der Waals surface area contributed by atoms with E-state index >= 15 is 4.39 Å². The Bertz CT molecular complexity index is 1010. The molecule has 3 nitrogen and oxygen atoms in total. The molecule has 0 fully saturated rings. The van der Waals surface area contributed by atoms with E-state index in [0.29, 0.717) is 23.4 Å². The van der Waals surface area contributed by atoms with E-state index in [1.54, 1.807) is 19.1 Å². The predicted molar refractivity (Wildman–Crippen MR) is 95.5 cm³/mol. The van der Waals surface area contributed by atoms with Gasteiger partial charge in [-0.15, -0.1) is 0 Å². The number of rotatable bonds is 5. The second-order valence-electron chi connectivity index (χ2n) is 5.87. The Kier molecular flexibility index (Phi) is 5.02. The molecule has 0 aliphatic rings. The fourth-order valence-corrected chi connectivity index (χ4v) is 3.17. The van der Waals surface area contributed by atoms with E-state index in [4.69, 9.17) is 4.74 Å². The maximum atomic E-state index is 15.3. The van der Waals surface area contributed by atoms with E-state index in [-0.39, 0.29) is 23.0 Å². The molecule has 0 aliphatic heterocycles.